The summed E-state index contributed by atoms with van der Waals surface area (Å²) in [5.74, 6) is 0.964. The van der Waals surface area contributed by atoms with Crippen LogP contribution in [0, 0.1) is 5.92 Å². The average molecular weight is 283 g/mol. The van der Waals surface area contributed by atoms with Crippen molar-refractivity contribution in [3.63, 3.8) is 0 Å². The van der Waals surface area contributed by atoms with Crippen LogP contribution in [0.4, 0.5) is 0 Å². The van der Waals surface area contributed by atoms with E-state index < -0.39 is 6.10 Å². The molecule has 3 unspecified atom stereocenters. The Morgan fingerprint density at radius 2 is 2.35 bits per heavy atom. The van der Waals surface area contributed by atoms with Gasteiger partial charge in [-0.25, -0.2) is 0 Å². The van der Waals surface area contributed by atoms with Gasteiger partial charge in [0, 0.05) is 13.2 Å². The Bertz CT molecular complexity index is 433. The number of methoxy groups -OCH3 is 1. The number of aliphatic hydroxyl groups excluding tert-OH is 1. The Kier molecular flexibility index (Phi) is 5.01. The van der Waals surface area contributed by atoms with Gasteiger partial charge in [-0.2, -0.15) is 5.10 Å². The molecule has 1 aliphatic rings. The van der Waals surface area contributed by atoms with Gasteiger partial charge in [0.15, 0.2) is 5.75 Å². The predicted molar refractivity (Wildman–Crippen MR) is 75.8 cm³/mol. The Morgan fingerprint density at radius 3 is 2.90 bits per heavy atom. The fourth-order valence-corrected chi connectivity index (χ4v) is 2.58. The minimum absolute atomic E-state index is 0.182. The summed E-state index contributed by atoms with van der Waals surface area (Å²) in [6, 6.07) is 0. The quantitative estimate of drug-likeness (QED) is 0.841. The summed E-state index contributed by atoms with van der Waals surface area (Å²) >= 11 is 0. The molecule has 1 aromatic rings. The van der Waals surface area contributed by atoms with Crippen molar-refractivity contribution in [1.29, 1.82) is 0 Å². The van der Waals surface area contributed by atoms with Crippen molar-refractivity contribution in [2.24, 2.45) is 5.92 Å². The largest absolute Gasteiger partial charge is 0.493 e. The lowest BCUT2D eigenvalue weighted by Crippen LogP contribution is -2.27. The summed E-state index contributed by atoms with van der Waals surface area (Å²) in [5.41, 5.74) is 0.716. The lowest BCUT2D eigenvalue weighted by molar-refractivity contribution is -0.0230. The van der Waals surface area contributed by atoms with Crippen LogP contribution in [0.15, 0.2) is 6.20 Å². The third kappa shape index (κ3) is 3.13. The molecule has 20 heavy (non-hydrogen) atoms. The molecule has 2 rings (SSSR count). The third-order valence-corrected chi connectivity index (χ3v) is 3.86. The molecule has 1 N–H and O–H groups in total. The highest BCUT2D eigenvalue weighted by molar-refractivity contribution is 5.28. The van der Waals surface area contributed by atoms with E-state index in [4.69, 9.17) is 9.47 Å². The molecule has 3 atom stereocenters. The fourth-order valence-electron chi connectivity index (χ4n) is 2.58. The van der Waals surface area contributed by atoms with Gasteiger partial charge in [0.1, 0.15) is 11.8 Å². The SMILES string of the molecule is COc1cnn(CCN(C)C)c1C(O)C1OCCC1C. The molecule has 0 saturated carbocycles. The molecular weight excluding hydrogens is 258 g/mol. The summed E-state index contributed by atoms with van der Waals surface area (Å²) in [7, 11) is 5.63. The smallest absolute Gasteiger partial charge is 0.162 e. The maximum Gasteiger partial charge on any atom is 0.162 e. The molecule has 0 radical (unpaired) electrons. The van der Waals surface area contributed by atoms with Gasteiger partial charge in [0.05, 0.1) is 26.0 Å². The standard InChI is InChI=1S/C14H25N3O3/c1-10-5-8-20-14(10)13(18)12-11(19-4)9-15-17(12)7-6-16(2)3/h9-10,13-14,18H,5-8H2,1-4H3. The highest BCUT2D eigenvalue weighted by atomic mass is 16.5. The normalized spacial score (nSPS) is 24.3. The molecule has 0 spiro atoms. The zero-order valence-electron chi connectivity index (χ0n) is 12.7. The summed E-state index contributed by atoms with van der Waals surface area (Å²) < 4.78 is 12.8. The molecule has 0 amide bonds. The Morgan fingerprint density at radius 1 is 1.60 bits per heavy atom. The van der Waals surface area contributed by atoms with E-state index in [2.05, 4.69) is 16.9 Å². The first kappa shape index (κ1) is 15.3. The third-order valence-electron chi connectivity index (χ3n) is 3.86. The van der Waals surface area contributed by atoms with Crippen LogP contribution in [0.2, 0.25) is 0 Å². The van der Waals surface area contributed by atoms with Gasteiger partial charge >= 0.3 is 0 Å². The van der Waals surface area contributed by atoms with E-state index in [0.717, 1.165) is 13.0 Å². The molecule has 6 heteroatoms. The number of hydrogen-bond donors (Lipinski definition) is 1. The molecular formula is C14H25N3O3. The number of likely N-dealkylation sites (N-methyl/N-ethyl adjacent to an activating group) is 1. The van der Waals surface area contributed by atoms with Gasteiger partial charge in [-0.05, 0) is 26.4 Å². The second kappa shape index (κ2) is 6.56. The Labute approximate surface area is 120 Å². The average Bonchev–Trinajstić information content (AvgIpc) is 3.01. The molecule has 1 fully saturated rings. The van der Waals surface area contributed by atoms with Crippen molar-refractivity contribution >= 4 is 0 Å². The van der Waals surface area contributed by atoms with Gasteiger partial charge < -0.3 is 19.5 Å². The van der Waals surface area contributed by atoms with E-state index in [1.165, 1.54) is 0 Å². The highest BCUT2D eigenvalue weighted by Gasteiger charge is 2.35. The lowest BCUT2D eigenvalue weighted by Gasteiger charge is -2.23. The second-order valence-electron chi connectivity index (χ2n) is 5.67. The van der Waals surface area contributed by atoms with Crippen molar-refractivity contribution in [2.75, 3.05) is 34.4 Å². The summed E-state index contributed by atoms with van der Waals surface area (Å²) in [6.45, 7) is 4.38. The number of nitrogens with zero attached hydrogens (tertiary/aromatic N) is 3. The maximum atomic E-state index is 10.7. The minimum atomic E-state index is -0.702. The van der Waals surface area contributed by atoms with E-state index in [-0.39, 0.29) is 6.10 Å². The number of rotatable bonds is 6. The molecule has 2 heterocycles. The highest BCUT2D eigenvalue weighted by Crippen LogP contribution is 2.35. The number of hydrogen-bond acceptors (Lipinski definition) is 5. The zero-order valence-corrected chi connectivity index (χ0v) is 12.7. The van der Waals surface area contributed by atoms with E-state index in [9.17, 15) is 5.11 Å². The second-order valence-corrected chi connectivity index (χ2v) is 5.67. The maximum absolute atomic E-state index is 10.7. The van der Waals surface area contributed by atoms with Gasteiger partial charge in [-0.1, -0.05) is 6.92 Å². The van der Waals surface area contributed by atoms with Crippen LogP contribution in [0.1, 0.15) is 25.1 Å². The minimum Gasteiger partial charge on any atom is -0.493 e. The molecule has 1 saturated heterocycles. The molecule has 114 valence electrons. The van der Waals surface area contributed by atoms with Crippen molar-refractivity contribution in [3.05, 3.63) is 11.9 Å². The van der Waals surface area contributed by atoms with E-state index in [0.29, 0.717) is 30.5 Å². The van der Waals surface area contributed by atoms with Gasteiger partial charge in [0.2, 0.25) is 0 Å². The van der Waals surface area contributed by atoms with Gasteiger partial charge in [-0.15, -0.1) is 0 Å². The van der Waals surface area contributed by atoms with Gasteiger partial charge in [-0.3, -0.25) is 4.68 Å². The van der Waals surface area contributed by atoms with Crippen LogP contribution in [0.3, 0.4) is 0 Å². The van der Waals surface area contributed by atoms with Crippen LogP contribution in [-0.2, 0) is 11.3 Å². The molecule has 1 aromatic heterocycles. The first-order valence-electron chi connectivity index (χ1n) is 7.08. The first-order chi connectivity index (χ1) is 9.54. The summed E-state index contributed by atoms with van der Waals surface area (Å²) in [6.07, 6.45) is 1.76. The van der Waals surface area contributed by atoms with Gasteiger partial charge in [0.25, 0.3) is 0 Å². The molecule has 0 aromatic carbocycles. The zero-order chi connectivity index (χ0) is 14.7. The fraction of sp³-hybridized carbons (Fsp3) is 0.786. The Balaban J connectivity index is 2.21. The number of aliphatic hydroxyl groups is 1. The van der Waals surface area contributed by atoms with Crippen molar-refractivity contribution in [1.82, 2.24) is 14.7 Å². The van der Waals surface area contributed by atoms with E-state index in [1.54, 1.807) is 13.3 Å². The number of aromatic nitrogens is 2. The predicted octanol–water partition coefficient (Wildman–Crippen LogP) is 0.912. The van der Waals surface area contributed by atoms with E-state index in [1.807, 2.05) is 18.8 Å². The van der Waals surface area contributed by atoms with Crippen LogP contribution >= 0.6 is 0 Å². The summed E-state index contributed by atoms with van der Waals surface area (Å²) in [4.78, 5) is 2.08. The van der Waals surface area contributed by atoms with E-state index >= 15 is 0 Å². The monoisotopic (exact) mass is 283 g/mol. The van der Waals surface area contributed by atoms with Crippen molar-refractivity contribution in [2.45, 2.75) is 32.1 Å². The molecule has 0 aliphatic carbocycles. The van der Waals surface area contributed by atoms with Crippen molar-refractivity contribution in [3.8, 4) is 5.75 Å². The Hall–Kier alpha value is -1.11. The molecule has 0 bridgehead atoms. The van der Waals surface area contributed by atoms with Crippen LogP contribution in [0.25, 0.3) is 0 Å². The van der Waals surface area contributed by atoms with Crippen LogP contribution < -0.4 is 4.74 Å². The summed E-state index contributed by atoms with van der Waals surface area (Å²) in [5, 5.41) is 15.0. The molecule has 6 nitrogen and oxygen atoms in total. The topological polar surface area (TPSA) is 59.8 Å². The lowest BCUT2D eigenvalue weighted by atomic mass is 9.97. The van der Waals surface area contributed by atoms with Crippen LogP contribution in [0.5, 0.6) is 5.75 Å². The number of ether oxygens (including phenoxy) is 2. The van der Waals surface area contributed by atoms with Crippen molar-refractivity contribution < 1.29 is 14.6 Å². The molecule has 1 aliphatic heterocycles. The first-order valence-corrected chi connectivity index (χ1v) is 7.08. The van der Waals surface area contributed by atoms with Crippen LogP contribution in [-0.4, -0.2) is 60.2 Å².